The number of para-hydroxylation sites is 1. The van der Waals surface area contributed by atoms with Crippen molar-refractivity contribution in [2.24, 2.45) is 0 Å². The van der Waals surface area contributed by atoms with Gasteiger partial charge in [-0.05, 0) is 37.0 Å². The van der Waals surface area contributed by atoms with Gasteiger partial charge in [-0.25, -0.2) is 9.97 Å². The number of carbonyl (C=O) groups is 1. The SMILES string of the molecule is CCC(COC)Nc1ncnc2sc(C(=O)N3CCc4c([nH]c5ccccc45)C3)c(C)c12. The number of methoxy groups -OCH3 is 1. The number of benzene rings is 1. The number of nitrogens with one attached hydrogen (secondary N) is 2. The Bertz CT molecular complexity index is 1290. The van der Waals surface area contributed by atoms with Gasteiger partial charge in [0.25, 0.3) is 5.91 Å². The summed E-state index contributed by atoms with van der Waals surface area (Å²) in [5, 5.41) is 5.67. The molecule has 1 atom stereocenters. The Labute approximate surface area is 190 Å². The van der Waals surface area contributed by atoms with E-state index in [2.05, 4.69) is 45.4 Å². The first-order valence-electron chi connectivity index (χ1n) is 11.0. The Balaban J connectivity index is 1.45. The molecule has 4 aromatic rings. The Morgan fingerprint density at radius 2 is 2.19 bits per heavy atom. The molecule has 1 aromatic carbocycles. The quantitative estimate of drug-likeness (QED) is 0.452. The summed E-state index contributed by atoms with van der Waals surface area (Å²) in [7, 11) is 1.70. The van der Waals surface area contributed by atoms with Gasteiger partial charge in [-0.1, -0.05) is 25.1 Å². The largest absolute Gasteiger partial charge is 0.383 e. The molecule has 1 aliphatic heterocycles. The molecule has 0 radical (unpaired) electrons. The van der Waals surface area contributed by atoms with Gasteiger partial charge in [0.05, 0.1) is 29.5 Å². The van der Waals surface area contributed by atoms with E-state index in [1.807, 2.05) is 17.9 Å². The summed E-state index contributed by atoms with van der Waals surface area (Å²) >= 11 is 1.45. The lowest BCUT2D eigenvalue weighted by Crippen LogP contribution is -2.35. The van der Waals surface area contributed by atoms with Crippen LogP contribution in [-0.4, -0.2) is 52.1 Å². The predicted octanol–water partition coefficient (Wildman–Crippen LogP) is 4.52. The van der Waals surface area contributed by atoms with E-state index in [0.717, 1.165) is 50.5 Å². The van der Waals surface area contributed by atoms with Crippen LogP contribution in [0.2, 0.25) is 0 Å². The maximum absolute atomic E-state index is 13.5. The maximum atomic E-state index is 13.5. The van der Waals surface area contributed by atoms with Crippen LogP contribution in [0.25, 0.3) is 21.1 Å². The minimum atomic E-state index is 0.0599. The molecule has 0 saturated heterocycles. The van der Waals surface area contributed by atoms with Gasteiger partial charge in [0.2, 0.25) is 0 Å². The van der Waals surface area contributed by atoms with Gasteiger partial charge in [-0.2, -0.15) is 0 Å². The molecule has 166 valence electrons. The van der Waals surface area contributed by atoms with Crippen molar-refractivity contribution in [3.63, 3.8) is 0 Å². The number of aromatic nitrogens is 3. The number of fused-ring (bicyclic) bond motifs is 4. The molecule has 0 aliphatic carbocycles. The summed E-state index contributed by atoms with van der Waals surface area (Å²) in [6.07, 6.45) is 3.33. The van der Waals surface area contributed by atoms with Crippen molar-refractivity contribution in [3.8, 4) is 0 Å². The van der Waals surface area contributed by atoms with Gasteiger partial charge < -0.3 is 19.9 Å². The molecule has 1 unspecified atom stereocenters. The lowest BCUT2D eigenvalue weighted by molar-refractivity contribution is 0.0737. The molecule has 1 aliphatic rings. The lowest BCUT2D eigenvalue weighted by Gasteiger charge is -2.27. The Morgan fingerprint density at radius 1 is 1.34 bits per heavy atom. The number of anilines is 1. The molecule has 0 fully saturated rings. The zero-order valence-corrected chi connectivity index (χ0v) is 19.4. The number of rotatable bonds is 6. The summed E-state index contributed by atoms with van der Waals surface area (Å²) in [6.45, 7) is 6.01. The number of hydrogen-bond donors (Lipinski definition) is 2. The molecule has 3 aromatic heterocycles. The minimum absolute atomic E-state index is 0.0599. The summed E-state index contributed by atoms with van der Waals surface area (Å²) < 4.78 is 5.32. The molecule has 7 nitrogen and oxygen atoms in total. The number of aromatic amines is 1. The van der Waals surface area contributed by atoms with Crippen molar-refractivity contribution in [3.05, 3.63) is 52.3 Å². The number of ether oxygens (including phenoxy) is 1. The molecule has 0 spiro atoms. The van der Waals surface area contributed by atoms with Crippen molar-refractivity contribution in [1.29, 1.82) is 0 Å². The standard InChI is InChI=1S/C24H27N5O2S/c1-4-15(12-31-3)27-22-20-14(2)21(32-23(20)26-13-25-22)24(30)29-10-9-17-16-7-5-6-8-18(16)28-19(17)11-29/h5-8,13,15,28H,4,9-12H2,1-3H3,(H,25,26,27). The molecular weight excluding hydrogens is 422 g/mol. The van der Waals surface area contributed by atoms with E-state index in [1.165, 1.54) is 22.3 Å². The number of nitrogens with zero attached hydrogens (tertiary/aromatic N) is 3. The third-order valence-electron chi connectivity index (χ3n) is 6.29. The van der Waals surface area contributed by atoms with Crippen LogP contribution < -0.4 is 5.32 Å². The second-order valence-electron chi connectivity index (χ2n) is 8.27. The van der Waals surface area contributed by atoms with Crippen molar-refractivity contribution >= 4 is 44.2 Å². The fourth-order valence-electron chi connectivity index (χ4n) is 4.55. The zero-order valence-electron chi connectivity index (χ0n) is 18.6. The smallest absolute Gasteiger partial charge is 0.264 e. The number of hydrogen-bond acceptors (Lipinski definition) is 6. The first-order chi connectivity index (χ1) is 15.6. The molecule has 1 amide bonds. The monoisotopic (exact) mass is 449 g/mol. The van der Waals surface area contributed by atoms with Crippen LogP contribution in [0.15, 0.2) is 30.6 Å². The van der Waals surface area contributed by atoms with Crippen LogP contribution in [0.4, 0.5) is 5.82 Å². The molecule has 8 heteroatoms. The third-order valence-corrected chi connectivity index (χ3v) is 7.48. The number of carbonyl (C=O) groups excluding carboxylic acids is 1. The van der Waals surface area contributed by atoms with Crippen LogP contribution >= 0.6 is 11.3 Å². The molecule has 0 saturated carbocycles. The normalized spacial score (nSPS) is 14.7. The lowest BCUT2D eigenvalue weighted by atomic mass is 10.0. The first kappa shape index (κ1) is 20.9. The van der Waals surface area contributed by atoms with Gasteiger partial charge in [-0.3, -0.25) is 4.79 Å². The molecule has 4 heterocycles. The van der Waals surface area contributed by atoms with Crippen LogP contribution in [0.1, 0.15) is 39.8 Å². The Kier molecular flexibility index (Phi) is 5.57. The number of amides is 1. The molecule has 2 N–H and O–H groups in total. The number of H-pyrrole nitrogens is 1. The maximum Gasteiger partial charge on any atom is 0.264 e. The van der Waals surface area contributed by atoms with E-state index in [9.17, 15) is 4.79 Å². The average molecular weight is 450 g/mol. The second kappa shape index (κ2) is 8.52. The zero-order chi connectivity index (χ0) is 22.2. The molecule has 5 rings (SSSR count). The molecule has 0 bridgehead atoms. The topological polar surface area (TPSA) is 83.1 Å². The summed E-state index contributed by atoms with van der Waals surface area (Å²) in [6, 6.07) is 8.50. The van der Waals surface area contributed by atoms with Crippen LogP contribution in [0.5, 0.6) is 0 Å². The first-order valence-corrected chi connectivity index (χ1v) is 11.8. The highest BCUT2D eigenvalue weighted by atomic mass is 32.1. The highest BCUT2D eigenvalue weighted by Gasteiger charge is 2.28. The van der Waals surface area contributed by atoms with Gasteiger partial charge in [0.1, 0.15) is 17.0 Å². The number of aryl methyl sites for hydroxylation is 1. The van der Waals surface area contributed by atoms with Crippen molar-refractivity contribution in [2.75, 3.05) is 25.6 Å². The summed E-state index contributed by atoms with van der Waals surface area (Å²) in [5.41, 5.74) is 4.54. The average Bonchev–Trinajstić information content (AvgIpc) is 3.36. The minimum Gasteiger partial charge on any atom is -0.383 e. The number of thiophene rings is 1. The van der Waals surface area contributed by atoms with E-state index in [-0.39, 0.29) is 11.9 Å². The highest BCUT2D eigenvalue weighted by Crippen LogP contribution is 2.35. The van der Waals surface area contributed by atoms with E-state index in [0.29, 0.717) is 19.7 Å². The van der Waals surface area contributed by atoms with Gasteiger partial charge >= 0.3 is 0 Å². The summed E-state index contributed by atoms with van der Waals surface area (Å²) in [4.78, 5) is 29.5. The fourth-order valence-corrected chi connectivity index (χ4v) is 5.67. The second-order valence-corrected chi connectivity index (χ2v) is 9.27. The van der Waals surface area contributed by atoms with E-state index in [1.54, 1.807) is 13.4 Å². The van der Waals surface area contributed by atoms with Crippen molar-refractivity contribution < 1.29 is 9.53 Å². The highest BCUT2D eigenvalue weighted by molar-refractivity contribution is 7.20. The van der Waals surface area contributed by atoms with Gasteiger partial charge in [0, 0.05) is 30.3 Å². The van der Waals surface area contributed by atoms with Crippen molar-refractivity contribution in [1.82, 2.24) is 19.9 Å². The van der Waals surface area contributed by atoms with Crippen LogP contribution in [0, 0.1) is 6.92 Å². The van der Waals surface area contributed by atoms with E-state index >= 15 is 0 Å². The predicted molar refractivity (Wildman–Crippen MR) is 128 cm³/mol. The van der Waals surface area contributed by atoms with Crippen molar-refractivity contribution in [2.45, 2.75) is 39.3 Å². The molecule has 32 heavy (non-hydrogen) atoms. The van der Waals surface area contributed by atoms with E-state index < -0.39 is 0 Å². The van der Waals surface area contributed by atoms with E-state index in [4.69, 9.17) is 4.74 Å². The third kappa shape index (κ3) is 3.53. The summed E-state index contributed by atoms with van der Waals surface area (Å²) in [5.74, 6) is 0.827. The van der Waals surface area contributed by atoms with Crippen LogP contribution in [0.3, 0.4) is 0 Å². The fraction of sp³-hybridized carbons (Fsp3) is 0.375. The Hall–Kier alpha value is -2.97. The van der Waals surface area contributed by atoms with Gasteiger partial charge in [-0.15, -0.1) is 11.3 Å². The Morgan fingerprint density at radius 3 is 3.00 bits per heavy atom. The van der Waals surface area contributed by atoms with Gasteiger partial charge in [0.15, 0.2) is 0 Å². The molecular formula is C24H27N5O2S. The van der Waals surface area contributed by atoms with Crippen LogP contribution in [-0.2, 0) is 17.7 Å².